The van der Waals surface area contributed by atoms with Crippen molar-refractivity contribution in [2.75, 3.05) is 0 Å². The third-order valence-electron chi connectivity index (χ3n) is 4.25. The molecule has 1 aliphatic rings. The largest absolute Gasteiger partial charge is 0.516 e. The first-order valence-corrected chi connectivity index (χ1v) is 7.03. The minimum absolute atomic E-state index is 0.349. The third kappa shape index (κ3) is 2.03. The minimum atomic E-state index is -0.433. The van der Waals surface area contributed by atoms with Gasteiger partial charge in [0.1, 0.15) is 0 Å². The second-order valence-corrected chi connectivity index (χ2v) is 6.24. The number of nitrogens with zero attached hydrogens (tertiary/aromatic N) is 3. The molecular weight excluding hydrogens is 253 g/mol. The monoisotopic (exact) mass is 273 g/mol. The first kappa shape index (κ1) is 13.6. The average Bonchev–Trinajstić information content (AvgIpc) is 2.87. The molecule has 0 atom stereocenters. The highest BCUT2D eigenvalue weighted by Crippen LogP contribution is 2.36. The van der Waals surface area contributed by atoms with Gasteiger partial charge in [-0.15, -0.1) is 0 Å². The minimum Gasteiger partial charge on any atom is -0.398 e. The number of aryl methyl sites for hydroxylation is 1. The van der Waals surface area contributed by atoms with Gasteiger partial charge in [-0.25, -0.2) is 9.50 Å². The van der Waals surface area contributed by atoms with E-state index >= 15 is 0 Å². The summed E-state index contributed by atoms with van der Waals surface area (Å²) < 4.78 is 13.8. The predicted octanol–water partition coefficient (Wildman–Crippen LogP) is 1.59. The zero-order valence-corrected chi connectivity index (χ0v) is 12.7. The lowest BCUT2D eigenvalue weighted by molar-refractivity contribution is 0.00578. The molecule has 1 saturated heterocycles. The topological polar surface area (TPSA) is 48.7 Å². The van der Waals surface area contributed by atoms with Gasteiger partial charge >= 0.3 is 7.12 Å². The molecule has 2 aromatic rings. The molecule has 0 radical (unpaired) electrons. The zero-order chi connectivity index (χ0) is 14.5. The number of aromatic nitrogens is 3. The van der Waals surface area contributed by atoms with Crippen LogP contribution >= 0.6 is 0 Å². The summed E-state index contributed by atoms with van der Waals surface area (Å²) in [6.07, 6.45) is 2.85. The fourth-order valence-electron chi connectivity index (χ4n) is 2.21. The Bertz CT molecular complexity index is 635. The Balaban J connectivity index is 1.95. The molecule has 0 aliphatic carbocycles. The van der Waals surface area contributed by atoms with Crippen LogP contribution in [0.3, 0.4) is 0 Å². The lowest BCUT2D eigenvalue weighted by Crippen LogP contribution is -2.41. The van der Waals surface area contributed by atoms with E-state index in [4.69, 9.17) is 9.31 Å². The molecular formula is C14H20BN3O2. The normalized spacial score (nSPS) is 20.8. The Hall–Kier alpha value is -1.40. The molecule has 0 bridgehead atoms. The summed E-state index contributed by atoms with van der Waals surface area (Å²) >= 11 is 0. The van der Waals surface area contributed by atoms with Gasteiger partial charge in [0.2, 0.25) is 0 Å². The summed E-state index contributed by atoms with van der Waals surface area (Å²) in [5, 5.41) is 4.56. The van der Waals surface area contributed by atoms with Crippen molar-refractivity contribution in [3.63, 3.8) is 0 Å². The van der Waals surface area contributed by atoms with Gasteiger partial charge in [0.05, 0.1) is 28.7 Å². The molecule has 0 amide bonds. The lowest BCUT2D eigenvalue weighted by Gasteiger charge is -2.32. The number of fused-ring (bicyclic) bond motifs is 1. The Morgan fingerprint density at radius 1 is 1.15 bits per heavy atom. The van der Waals surface area contributed by atoms with Crippen LogP contribution in [0.15, 0.2) is 18.3 Å². The van der Waals surface area contributed by atoms with Gasteiger partial charge in [-0.3, -0.25) is 0 Å². The summed E-state index contributed by atoms with van der Waals surface area (Å²) in [5.41, 5.74) is 1.96. The molecule has 0 saturated carbocycles. The van der Waals surface area contributed by atoms with Gasteiger partial charge in [-0.2, -0.15) is 5.10 Å². The second-order valence-electron chi connectivity index (χ2n) is 6.24. The predicted molar refractivity (Wildman–Crippen MR) is 78.1 cm³/mol. The first-order chi connectivity index (χ1) is 9.32. The van der Waals surface area contributed by atoms with Crippen molar-refractivity contribution in [1.82, 2.24) is 14.6 Å². The number of rotatable bonds is 2. The van der Waals surface area contributed by atoms with Crippen LogP contribution in [-0.4, -0.2) is 32.9 Å². The Morgan fingerprint density at radius 2 is 1.80 bits per heavy atom. The smallest absolute Gasteiger partial charge is 0.398 e. The van der Waals surface area contributed by atoms with Crippen LogP contribution in [0.25, 0.3) is 5.65 Å². The van der Waals surface area contributed by atoms with Gasteiger partial charge in [-0.1, -0.05) is 6.92 Å². The maximum atomic E-state index is 6.01. The van der Waals surface area contributed by atoms with E-state index in [2.05, 4.69) is 17.0 Å². The van der Waals surface area contributed by atoms with Crippen molar-refractivity contribution in [2.24, 2.45) is 0 Å². The van der Waals surface area contributed by atoms with Crippen LogP contribution in [0.4, 0.5) is 0 Å². The van der Waals surface area contributed by atoms with Crippen molar-refractivity contribution < 1.29 is 9.31 Å². The molecule has 3 rings (SSSR count). The van der Waals surface area contributed by atoms with Crippen molar-refractivity contribution in [3.8, 4) is 0 Å². The van der Waals surface area contributed by atoms with Crippen LogP contribution in [-0.2, 0) is 15.7 Å². The average molecular weight is 273 g/mol. The standard InChI is InChI=1S/C14H20BN3O2/c1-6-10-9-18-12(16-10)8-7-11(17-18)15-19-13(2,3)14(4,5)20-15/h7-9H,6H2,1-5H3. The van der Waals surface area contributed by atoms with E-state index in [0.29, 0.717) is 0 Å². The van der Waals surface area contributed by atoms with E-state index in [1.165, 1.54) is 0 Å². The molecule has 106 valence electrons. The van der Waals surface area contributed by atoms with Gasteiger partial charge in [-0.05, 0) is 46.2 Å². The van der Waals surface area contributed by atoms with Gasteiger partial charge in [0.15, 0.2) is 5.65 Å². The van der Waals surface area contributed by atoms with Crippen LogP contribution < -0.4 is 5.59 Å². The Labute approximate surface area is 119 Å². The van der Waals surface area contributed by atoms with Crippen molar-refractivity contribution in [3.05, 3.63) is 24.0 Å². The quantitative estimate of drug-likeness (QED) is 0.780. The van der Waals surface area contributed by atoms with Crippen LogP contribution in [0.1, 0.15) is 40.3 Å². The van der Waals surface area contributed by atoms with Crippen LogP contribution in [0, 0.1) is 0 Å². The van der Waals surface area contributed by atoms with E-state index in [-0.39, 0.29) is 11.2 Å². The Morgan fingerprint density at radius 3 is 2.40 bits per heavy atom. The Kier molecular flexibility index (Phi) is 2.92. The van der Waals surface area contributed by atoms with E-state index in [1.807, 2.05) is 46.0 Å². The molecule has 0 unspecified atom stereocenters. The maximum Gasteiger partial charge on any atom is 0.516 e. The van der Waals surface area contributed by atoms with E-state index < -0.39 is 7.12 Å². The van der Waals surface area contributed by atoms with Crippen LogP contribution in [0.2, 0.25) is 0 Å². The van der Waals surface area contributed by atoms with Gasteiger partial charge < -0.3 is 9.31 Å². The number of imidazole rings is 1. The molecule has 1 fully saturated rings. The SMILES string of the molecule is CCc1cn2nc(B3OC(C)(C)C(C)(C)O3)ccc2n1. The fraction of sp³-hybridized carbons (Fsp3) is 0.571. The summed E-state index contributed by atoms with van der Waals surface area (Å²) in [7, 11) is -0.433. The summed E-state index contributed by atoms with van der Waals surface area (Å²) in [4.78, 5) is 4.47. The molecule has 3 heterocycles. The van der Waals surface area contributed by atoms with Crippen molar-refractivity contribution >= 4 is 18.4 Å². The van der Waals surface area contributed by atoms with E-state index in [0.717, 1.165) is 23.4 Å². The molecule has 0 aromatic carbocycles. The van der Waals surface area contributed by atoms with Crippen molar-refractivity contribution in [1.29, 1.82) is 0 Å². The van der Waals surface area contributed by atoms with Crippen molar-refractivity contribution in [2.45, 2.75) is 52.2 Å². The first-order valence-electron chi connectivity index (χ1n) is 7.03. The highest BCUT2D eigenvalue weighted by Gasteiger charge is 2.52. The lowest BCUT2D eigenvalue weighted by atomic mass is 9.85. The molecule has 0 spiro atoms. The molecule has 6 heteroatoms. The molecule has 0 N–H and O–H groups in total. The maximum absolute atomic E-state index is 6.01. The van der Waals surface area contributed by atoms with Gasteiger partial charge in [0, 0.05) is 0 Å². The van der Waals surface area contributed by atoms with E-state index in [9.17, 15) is 0 Å². The zero-order valence-electron chi connectivity index (χ0n) is 12.7. The highest BCUT2D eigenvalue weighted by molar-refractivity contribution is 6.61. The fourth-order valence-corrected chi connectivity index (χ4v) is 2.21. The molecule has 20 heavy (non-hydrogen) atoms. The molecule has 2 aromatic heterocycles. The molecule has 5 nitrogen and oxygen atoms in total. The summed E-state index contributed by atoms with van der Waals surface area (Å²) in [6, 6.07) is 3.87. The van der Waals surface area contributed by atoms with E-state index in [1.54, 1.807) is 4.52 Å². The molecule has 1 aliphatic heterocycles. The number of hydrogen-bond acceptors (Lipinski definition) is 4. The third-order valence-corrected chi connectivity index (χ3v) is 4.25. The highest BCUT2D eigenvalue weighted by atomic mass is 16.7. The summed E-state index contributed by atoms with van der Waals surface area (Å²) in [6.45, 7) is 10.2. The second kappa shape index (κ2) is 4.30. The summed E-state index contributed by atoms with van der Waals surface area (Å²) in [5.74, 6) is 0. The van der Waals surface area contributed by atoms with Crippen LogP contribution in [0.5, 0.6) is 0 Å². The number of hydrogen-bond donors (Lipinski definition) is 0. The van der Waals surface area contributed by atoms with Gasteiger partial charge in [0.25, 0.3) is 0 Å².